The SMILES string of the molecule is CCNc1nc(N)c(C(=O)Nc2ccccc2OCC)s1. The first-order chi connectivity index (χ1) is 10.2. The number of nitrogens with zero attached hydrogens (tertiary/aromatic N) is 1. The lowest BCUT2D eigenvalue weighted by Crippen LogP contribution is -2.13. The summed E-state index contributed by atoms with van der Waals surface area (Å²) in [6.45, 7) is 5.10. The van der Waals surface area contributed by atoms with E-state index in [2.05, 4.69) is 15.6 Å². The molecule has 0 fully saturated rings. The highest BCUT2D eigenvalue weighted by atomic mass is 32.1. The Balaban J connectivity index is 2.18. The van der Waals surface area contributed by atoms with E-state index in [1.807, 2.05) is 26.0 Å². The number of amides is 1. The summed E-state index contributed by atoms with van der Waals surface area (Å²) in [5.41, 5.74) is 6.40. The molecule has 1 aromatic heterocycles. The number of nitrogens with one attached hydrogen (secondary N) is 2. The minimum absolute atomic E-state index is 0.224. The molecule has 0 aliphatic rings. The van der Waals surface area contributed by atoms with Gasteiger partial charge in [0.25, 0.3) is 5.91 Å². The fourth-order valence-corrected chi connectivity index (χ4v) is 2.60. The van der Waals surface area contributed by atoms with Gasteiger partial charge in [0.1, 0.15) is 16.4 Å². The van der Waals surface area contributed by atoms with E-state index in [0.717, 1.165) is 6.54 Å². The average Bonchev–Trinajstić information content (AvgIpc) is 2.83. The molecule has 0 atom stereocenters. The number of aromatic nitrogens is 1. The Kier molecular flexibility index (Phi) is 4.99. The van der Waals surface area contributed by atoms with Crippen LogP contribution in [-0.4, -0.2) is 24.0 Å². The molecule has 0 saturated carbocycles. The summed E-state index contributed by atoms with van der Waals surface area (Å²) in [6, 6.07) is 7.27. The number of para-hydroxylation sites is 2. The lowest BCUT2D eigenvalue weighted by Gasteiger charge is -2.10. The number of ether oxygens (including phenoxy) is 1. The molecule has 0 spiro atoms. The van der Waals surface area contributed by atoms with Crippen LogP contribution in [0.5, 0.6) is 5.75 Å². The summed E-state index contributed by atoms with van der Waals surface area (Å²) in [5, 5.41) is 6.49. The van der Waals surface area contributed by atoms with Crippen LogP contribution in [0.4, 0.5) is 16.6 Å². The highest BCUT2D eigenvalue weighted by Crippen LogP contribution is 2.28. The van der Waals surface area contributed by atoms with E-state index in [9.17, 15) is 4.79 Å². The number of carbonyl (C=O) groups excluding carboxylic acids is 1. The Morgan fingerprint density at radius 1 is 1.38 bits per heavy atom. The van der Waals surface area contributed by atoms with E-state index in [4.69, 9.17) is 10.5 Å². The zero-order valence-electron chi connectivity index (χ0n) is 12.0. The fourth-order valence-electron chi connectivity index (χ4n) is 1.75. The first kappa shape index (κ1) is 15.1. The van der Waals surface area contributed by atoms with Crippen molar-refractivity contribution in [1.82, 2.24) is 4.98 Å². The maximum Gasteiger partial charge on any atom is 0.269 e. The van der Waals surface area contributed by atoms with Crippen molar-refractivity contribution < 1.29 is 9.53 Å². The van der Waals surface area contributed by atoms with Crippen LogP contribution in [0.3, 0.4) is 0 Å². The second kappa shape index (κ2) is 6.94. The standard InChI is InChI=1S/C14H18N4O2S/c1-3-16-14-18-12(15)11(21-14)13(19)17-9-7-5-6-8-10(9)20-4-2/h5-8H,3-4,15H2,1-2H3,(H,16,18)(H,17,19). The Labute approximate surface area is 127 Å². The smallest absolute Gasteiger partial charge is 0.269 e. The normalized spacial score (nSPS) is 10.2. The van der Waals surface area contributed by atoms with Crippen molar-refractivity contribution in [3.05, 3.63) is 29.1 Å². The molecule has 0 radical (unpaired) electrons. The lowest BCUT2D eigenvalue weighted by molar-refractivity contribution is 0.103. The van der Waals surface area contributed by atoms with Crippen LogP contribution < -0.4 is 21.1 Å². The maximum atomic E-state index is 12.3. The molecule has 2 rings (SSSR count). The monoisotopic (exact) mass is 306 g/mol. The number of anilines is 3. The van der Waals surface area contributed by atoms with Crippen LogP contribution in [0.2, 0.25) is 0 Å². The lowest BCUT2D eigenvalue weighted by atomic mass is 10.3. The number of nitrogen functional groups attached to an aromatic ring is 1. The van der Waals surface area contributed by atoms with Crippen LogP contribution in [0.25, 0.3) is 0 Å². The molecule has 0 bridgehead atoms. The molecule has 0 saturated heterocycles. The summed E-state index contributed by atoms with van der Waals surface area (Å²) in [6.07, 6.45) is 0. The molecule has 2 aromatic rings. The van der Waals surface area contributed by atoms with Gasteiger partial charge in [-0.05, 0) is 26.0 Å². The third kappa shape index (κ3) is 3.63. The highest BCUT2D eigenvalue weighted by Gasteiger charge is 2.17. The number of rotatable bonds is 6. The van der Waals surface area contributed by atoms with Crippen molar-refractivity contribution in [3.63, 3.8) is 0 Å². The van der Waals surface area contributed by atoms with Gasteiger partial charge >= 0.3 is 0 Å². The number of thiazole rings is 1. The molecule has 0 aliphatic heterocycles. The molecular weight excluding hydrogens is 288 g/mol. The number of benzene rings is 1. The van der Waals surface area contributed by atoms with E-state index in [0.29, 0.717) is 28.1 Å². The summed E-state index contributed by atoms with van der Waals surface area (Å²) in [7, 11) is 0. The summed E-state index contributed by atoms with van der Waals surface area (Å²) < 4.78 is 5.48. The maximum absolute atomic E-state index is 12.3. The van der Waals surface area contributed by atoms with Crippen molar-refractivity contribution in [1.29, 1.82) is 0 Å². The minimum Gasteiger partial charge on any atom is -0.492 e. The molecule has 21 heavy (non-hydrogen) atoms. The van der Waals surface area contributed by atoms with Gasteiger partial charge in [0.15, 0.2) is 5.13 Å². The van der Waals surface area contributed by atoms with E-state index < -0.39 is 0 Å². The van der Waals surface area contributed by atoms with Crippen molar-refractivity contribution in [2.45, 2.75) is 13.8 Å². The number of hydrogen-bond donors (Lipinski definition) is 3. The quantitative estimate of drug-likeness (QED) is 0.763. The zero-order valence-corrected chi connectivity index (χ0v) is 12.8. The van der Waals surface area contributed by atoms with Crippen LogP contribution >= 0.6 is 11.3 Å². The zero-order chi connectivity index (χ0) is 15.2. The van der Waals surface area contributed by atoms with E-state index in [1.165, 1.54) is 11.3 Å². The molecule has 6 nitrogen and oxygen atoms in total. The van der Waals surface area contributed by atoms with E-state index in [-0.39, 0.29) is 11.7 Å². The molecule has 1 aromatic carbocycles. The second-order valence-corrected chi connectivity index (χ2v) is 5.15. The molecule has 1 amide bonds. The van der Waals surface area contributed by atoms with Gasteiger partial charge in [0, 0.05) is 6.54 Å². The van der Waals surface area contributed by atoms with Crippen LogP contribution in [0, 0.1) is 0 Å². The van der Waals surface area contributed by atoms with Gasteiger partial charge in [0.05, 0.1) is 12.3 Å². The Hall–Kier alpha value is -2.28. The number of carbonyl (C=O) groups is 1. The Morgan fingerprint density at radius 2 is 2.14 bits per heavy atom. The van der Waals surface area contributed by atoms with E-state index in [1.54, 1.807) is 12.1 Å². The third-order valence-corrected chi connectivity index (χ3v) is 3.65. The number of nitrogens with two attached hydrogens (primary N) is 1. The van der Waals surface area contributed by atoms with E-state index >= 15 is 0 Å². The first-order valence-corrected chi connectivity index (χ1v) is 7.50. The van der Waals surface area contributed by atoms with Gasteiger partial charge in [-0.15, -0.1) is 0 Å². The van der Waals surface area contributed by atoms with Crippen LogP contribution in [0.1, 0.15) is 23.5 Å². The predicted molar refractivity (Wildman–Crippen MR) is 86.3 cm³/mol. The van der Waals surface area contributed by atoms with Gasteiger partial charge in [0.2, 0.25) is 0 Å². The largest absolute Gasteiger partial charge is 0.492 e. The first-order valence-electron chi connectivity index (χ1n) is 6.69. The van der Waals surface area contributed by atoms with Gasteiger partial charge < -0.3 is 21.1 Å². The molecule has 112 valence electrons. The molecular formula is C14H18N4O2S. The molecule has 0 aliphatic carbocycles. The van der Waals surface area contributed by atoms with Crippen molar-refractivity contribution in [3.8, 4) is 5.75 Å². The summed E-state index contributed by atoms with van der Waals surface area (Å²) in [5.74, 6) is 0.562. The minimum atomic E-state index is -0.290. The van der Waals surface area contributed by atoms with Crippen LogP contribution in [-0.2, 0) is 0 Å². The van der Waals surface area contributed by atoms with Crippen molar-refractivity contribution in [2.24, 2.45) is 0 Å². The van der Waals surface area contributed by atoms with Gasteiger partial charge in [-0.3, -0.25) is 4.79 Å². The van der Waals surface area contributed by atoms with Crippen molar-refractivity contribution in [2.75, 3.05) is 29.5 Å². The van der Waals surface area contributed by atoms with Gasteiger partial charge in [-0.25, -0.2) is 4.98 Å². The molecule has 0 unspecified atom stereocenters. The second-order valence-electron chi connectivity index (χ2n) is 4.15. The number of hydrogen-bond acceptors (Lipinski definition) is 6. The molecule has 1 heterocycles. The highest BCUT2D eigenvalue weighted by molar-refractivity contribution is 7.18. The predicted octanol–water partition coefficient (Wildman–Crippen LogP) is 2.81. The third-order valence-electron chi connectivity index (χ3n) is 2.62. The summed E-state index contributed by atoms with van der Waals surface area (Å²) >= 11 is 1.23. The topological polar surface area (TPSA) is 89.3 Å². The molecule has 4 N–H and O–H groups in total. The Bertz CT molecular complexity index is 627. The fraction of sp³-hybridized carbons (Fsp3) is 0.286. The van der Waals surface area contributed by atoms with Crippen molar-refractivity contribution >= 4 is 33.9 Å². The van der Waals surface area contributed by atoms with Gasteiger partial charge in [-0.1, -0.05) is 23.5 Å². The van der Waals surface area contributed by atoms with Gasteiger partial charge in [-0.2, -0.15) is 0 Å². The summed E-state index contributed by atoms with van der Waals surface area (Å²) in [4.78, 5) is 16.8. The Morgan fingerprint density at radius 3 is 2.86 bits per heavy atom. The molecule has 7 heteroatoms. The van der Waals surface area contributed by atoms with Crippen LogP contribution in [0.15, 0.2) is 24.3 Å². The average molecular weight is 306 g/mol.